The van der Waals surface area contributed by atoms with Crippen LogP contribution in [0.3, 0.4) is 0 Å². The van der Waals surface area contributed by atoms with E-state index in [0.29, 0.717) is 23.1 Å². The number of primary amides is 1. The number of aromatic nitrogens is 2. The fraction of sp³-hybridized carbons (Fsp3) is 0.176. The first kappa shape index (κ1) is 20.1. The zero-order valence-corrected chi connectivity index (χ0v) is 15.1. The Morgan fingerprint density at radius 1 is 1.33 bits per heavy atom. The maximum atomic E-state index is 10.7. The number of nitrogens with two attached hydrogens (primary N) is 2. The molecule has 1 aromatic heterocycles. The number of aliphatic imine (C=N–C) groups is 1. The lowest BCUT2D eigenvalue weighted by atomic mass is 10.1. The number of halogens is 1. The number of rotatable bonds is 9. The van der Waals surface area contributed by atoms with Crippen molar-refractivity contribution in [1.29, 1.82) is 0 Å². The lowest BCUT2D eigenvalue weighted by molar-refractivity contribution is -0.116. The highest BCUT2D eigenvalue weighted by Gasteiger charge is 2.08. The summed E-state index contributed by atoms with van der Waals surface area (Å²) in [4.78, 5) is 22.9. The molecule has 1 amide bonds. The second-order valence-electron chi connectivity index (χ2n) is 5.35. The number of hydrogen-bond acceptors (Lipinski definition) is 8. The highest BCUT2D eigenvalue weighted by Crippen LogP contribution is 2.21. The Balaban J connectivity index is 2.09. The molecule has 1 aromatic carbocycles. The van der Waals surface area contributed by atoms with Crippen molar-refractivity contribution < 1.29 is 9.90 Å². The Bertz CT molecular complexity index is 855. The third-order valence-electron chi connectivity index (χ3n) is 3.39. The van der Waals surface area contributed by atoms with E-state index in [0.717, 1.165) is 11.1 Å². The number of anilines is 2. The summed E-state index contributed by atoms with van der Waals surface area (Å²) in [5, 5.41) is 15.7. The molecule has 0 unspecified atom stereocenters. The number of allylic oxidation sites excluding steroid dienone is 1. The third-order valence-corrected chi connectivity index (χ3v) is 3.67. The molecule has 9 nitrogen and oxygen atoms in total. The second-order valence-corrected chi connectivity index (χ2v) is 5.76. The van der Waals surface area contributed by atoms with Crippen molar-refractivity contribution in [3.05, 3.63) is 58.5 Å². The van der Waals surface area contributed by atoms with Crippen LogP contribution in [0.5, 0.6) is 0 Å². The van der Waals surface area contributed by atoms with Crippen LogP contribution >= 0.6 is 11.6 Å². The van der Waals surface area contributed by atoms with Crippen molar-refractivity contribution in [2.45, 2.75) is 13.2 Å². The van der Waals surface area contributed by atoms with Gasteiger partial charge in [0.05, 0.1) is 18.5 Å². The van der Waals surface area contributed by atoms with Gasteiger partial charge in [-0.15, -0.1) is 0 Å². The lowest BCUT2D eigenvalue weighted by Crippen LogP contribution is -2.15. The highest BCUT2D eigenvalue weighted by atomic mass is 35.5. The molecule has 1 heterocycles. The number of nitrogens with zero attached hydrogens (tertiary/aromatic N) is 3. The van der Waals surface area contributed by atoms with Gasteiger partial charge in [0, 0.05) is 19.0 Å². The number of aliphatic hydroxyl groups is 1. The molecule has 27 heavy (non-hydrogen) atoms. The Labute approximate surface area is 161 Å². The molecule has 7 N–H and O–H groups in total. The molecule has 0 aliphatic rings. The van der Waals surface area contributed by atoms with Gasteiger partial charge in [0.25, 0.3) is 0 Å². The van der Waals surface area contributed by atoms with Gasteiger partial charge in [0.1, 0.15) is 11.6 Å². The van der Waals surface area contributed by atoms with Gasteiger partial charge in [-0.1, -0.05) is 35.9 Å². The molecule has 10 heteroatoms. The van der Waals surface area contributed by atoms with Crippen LogP contribution in [0.2, 0.25) is 5.02 Å². The normalized spacial score (nSPS) is 11.6. The van der Waals surface area contributed by atoms with E-state index < -0.39 is 5.91 Å². The first-order chi connectivity index (χ1) is 13.0. The fourth-order valence-corrected chi connectivity index (χ4v) is 2.25. The molecule has 142 valence electrons. The molecule has 0 aliphatic heterocycles. The van der Waals surface area contributed by atoms with Crippen LogP contribution in [0.25, 0.3) is 0 Å². The first-order valence-corrected chi connectivity index (χ1v) is 8.32. The first-order valence-electron chi connectivity index (χ1n) is 7.94. The van der Waals surface area contributed by atoms with Crippen LogP contribution in [0.15, 0.2) is 47.4 Å². The van der Waals surface area contributed by atoms with E-state index in [9.17, 15) is 9.90 Å². The lowest BCUT2D eigenvalue weighted by Gasteiger charge is -2.12. The predicted octanol–water partition coefficient (Wildman–Crippen LogP) is 1.00. The summed E-state index contributed by atoms with van der Waals surface area (Å²) in [6.45, 7) is 0.210. The smallest absolute Gasteiger partial charge is 0.239 e. The van der Waals surface area contributed by atoms with Gasteiger partial charge in [-0.25, -0.2) is 4.98 Å². The maximum absolute atomic E-state index is 10.7. The van der Waals surface area contributed by atoms with Gasteiger partial charge >= 0.3 is 0 Å². The molecule has 0 bridgehead atoms. The monoisotopic (exact) mass is 389 g/mol. The van der Waals surface area contributed by atoms with Crippen LogP contribution in [-0.2, 0) is 17.9 Å². The number of aliphatic hydroxyl groups excluding tert-OH is 1. The zero-order chi connectivity index (χ0) is 19.6. The summed E-state index contributed by atoms with van der Waals surface area (Å²) < 4.78 is 0. The Hall–Kier alpha value is -3.17. The van der Waals surface area contributed by atoms with Crippen LogP contribution in [-0.4, -0.2) is 33.7 Å². The van der Waals surface area contributed by atoms with E-state index >= 15 is 0 Å². The van der Waals surface area contributed by atoms with Crippen molar-refractivity contribution in [1.82, 2.24) is 9.97 Å². The SMILES string of the molecule is NC=C(C=NCC(N)=O)Nc1ncc(Cl)c(NCc2ccccc2CO)n1. The molecule has 2 rings (SSSR count). The average molecular weight is 390 g/mol. The van der Waals surface area contributed by atoms with Gasteiger partial charge in [0.2, 0.25) is 11.9 Å². The summed E-state index contributed by atoms with van der Waals surface area (Å²) in [5.41, 5.74) is 12.7. The van der Waals surface area contributed by atoms with Crippen LogP contribution in [0.4, 0.5) is 11.8 Å². The number of amides is 1. The fourth-order valence-electron chi connectivity index (χ4n) is 2.09. The summed E-state index contributed by atoms with van der Waals surface area (Å²) >= 11 is 6.14. The molecule has 0 atom stereocenters. The number of carbonyl (C=O) groups excluding carboxylic acids is 1. The van der Waals surface area contributed by atoms with E-state index in [4.69, 9.17) is 23.1 Å². The van der Waals surface area contributed by atoms with E-state index in [-0.39, 0.29) is 19.1 Å². The summed E-state index contributed by atoms with van der Waals surface area (Å²) in [6.07, 6.45) is 4.05. The van der Waals surface area contributed by atoms with E-state index in [1.807, 2.05) is 24.3 Å². The Kier molecular flexibility index (Phi) is 7.53. The minimum Gasteiger partial charge on any atom is -0.403 e. The van der Waals surface area contributed by atoms with Crippen LogP contribution in [0.1, 0.15) is 11.1 Å². The number of benzene rings is 1. The standard InChI is InChI=1S/C17H20ClN7O2/c18-14-8-23-17(24-13(5-19)7-21-9-15(20)27)25-16(14)22-6-11-3-1-2-4-12(11)10-26/h1-5,7-8,26H,6,9-10,19H2,(H2,20,27)(H2,22,23,24,25). The van der Waals surface area contributed by atoms with Crippen molar-refractivity contribution in [2.24, 2.45) is 16.5 Å². The number of nitrogens with one attached hydrogen (secondary N) is 2. The molecule has 2 aromatic rings. The number of hydrogen-bond donors (Lipinski definition) is 5. The quantitative estimate of drug-likeness (QED) is 0.401. The molecule has 0 saturated carbocycles. The molecular formula is C17H20ClN7O2. The Morgan fingerprint density at radius 3 is 2.74 bits per heavy atom. The van der Waals surface area contributed by atoms with Gasteiger partial charge < -0.3 is 27.2 Å². The van der Waals surface area contributed by atoms with Gasteiger partial charge in [-0.2, -0.15) is 4.98 Å². The van der Waals surface area contributed by atoms with E-state index in [2.05, 4.69) is 25.6 Å². The highest BCUT2D eigenvalue weighted by molar-refractivity contribution is 6.32. The summed E-state index contributed by atoms with van der Waals surface area (Å²) in [7, 11) is 0. The summed E-state index contributed by atoms with van der Waals surface area (Å²) in [5.74, 6) is 0.0898. The summed E-state index contributed by atoms with van der Waals surface area (Å²) in [6, 6.07) is 7.48. The predicted molar refractivity (Wildman–Crippen MR) is 105 cm³/mol. The van der Waals surface area contributed by atoms with Gasteiger partial charge in [-0.3, -0.25) is 9.79 Å². The molecule has 0 spiro atoms. The van der Waals surface area contributed by atoms with Crippen molar-refractivity contribution in [3.8, 4) is 0 Å². The van der Waals surface area contributed by atoms with E-state index in [1.165, 1.54) is 18.6 Å². The van der Waals surface area contributed by atoms with Crippen LogP contribution in [0, 0.1) is 0 Å². The van der Waals surface area contributed by atoms with Gasteiger partial charge in [-0.05, 0) is 11.1 Å². The second kappa shape index (κ2) is 10.1. The average Bonchev–Trinajstić information content (AvgIpc) is 2.67. The maximum Gasteiger partial charge on any atom is 0.239 e. The minimum atomic E-state index is -0.556. The minimum absolute atomic E-state index is 0.0581. The van der Waals surface area contributed by atoms with E-state index in [1.54, 1.807) is 0 Å². The zero-order valence-electron chi connectivity index (χ0n) is 14.4. The topological polar surface area (TPSA) is 152 Å². The van der Waals surface area contributed by atoms with Crippen LogP contribution < -0.4 is 22.1 Å². The molecule has 0 radical (unpaired) electrons. The van der Waals surface area contributed by atoms with Crippen molar-refractivity contribution in [3.63, 3.8) is 0 Å². The largest absolute Gasteiger partial charge is 0.403 e. The molecular weight excluding hydrogens is 370 g/mol. The van der Waals surface area contributed by atoms with Crippen molar-refractivity contribution in [2.75, 3.05) is 17.2 Å². The third kappa shape index (κ3) is 6.24. The van der Waals surface area contributed by atoms with Gasteiger partial charge in [0.15, 0.2) is 5.82 Å². The molecule has 0 saturated heterocycles. The van der Waals surface area contributed by atoms with Crippen molar-refractivity contribution >= 4 is 35.5 Å². The molecule has 0 fully saturated rings. The molecule has 0 aliphatic carbocycles. The number of carbonyl (C=O) groups is 1. The Morgan fingerprint density at radius 2 is 2.07 bits per heavy atom.